The molecule has 4 N–H and O–H groups in total. The first-order valence-electron chi connectivity index (χ1n) is 4.32. The Bertz CT molecular complexity index is 171. The quantitative estimate of drug-likeness (QED) is 0.537. The van der Waals surface area contributed by atoms with E-state index in [-0.39, 0.29) is 12.1 Å². The average Bonchev–Trinajstić information content (AvgIpc) is 1.99. The largest absolute Gasteiger partial charge is 0.351 e. The molecule has 1 aliphatic heterocycles. The maximum atomic E-state index is 10.9. The highest BCUT2D eigenvalue weighted by molar-refractivity contribution is 5.72. The van der Waals surface area contributed by atoms with Gasteiger partial charge in [0, 0.05) is 19.1 Å². The molecule has 1 heterocycles. The third-order valence-electron chi connectivity index (χ3n) is 2.64. The molecular weight excluding hydrogens is 154 g/mol. The van der Waals surface area contributed by atoms with E-state index < -0.39 is 0 Å². The van der Waals surface area contributed by atoms with Gasteiger partial charge in [-0.15, -0.1) is 0 Å². The van der Waals surface area contributed by atoms with E-state index in [1.165, 1.54) is 0 Å². The molecule has 1 aliphatic rings. The first-order chi connectivity index (χ1) is 5.52. The van der Waals surface area contributed by atoms with Gasteiger partial charge in [0.15, 0.2) is 0 Å². The second-order valence-corrected chi connectivity index (χ2v) is 3.78. The van der Waals surface area contributed by atoms with Crippen LogP contribution in [0.4, 0.5) is 4.79 Å². The molecule has 1 saturated heterocycles. The van der Waals surface area contributed by atoms with E-state index >= 15 is 0 Å². The molecule has 0 radical (unpaired) electrons. The molecule has 0 saturated carbocycles. The number of hydrogen-bond donors (Lipinski definition) is 2. The van der Waals surface area contributed by atoms with Gasteiger partial charge in [-0.1, -0.05) is 13.8 Å². The summed E-state index contributed by atoms with van der Waals surface area (Å²) in [6.07, 6.45) is 0. The van der Waals surface area contributed by atoms with Crippen molar-refractivity contribution in [3.63, 3.8) is 0 Å². The van der Waals surface area contributed by atoms with Crippen LogP contribution in [0.25, 0.3) is 0 Å². The van der Waals surface area contributed by atoms with Crippen LogP contribution in [0, 0.1) is 11.8 Å². The number of piperidine rings is 1. The van der Waals surface area contributed by atoms with Crippen molar-refractivity contribution < 1.29 is 4.79 Å². The van der Waals surface area contributed by atoms with Crippen LogP contribution in [0.1, 0.15) is 13.8 Å². The highest BCUT2D eigenvalue weighted by Gasteiger charge is 2.30. The SMILES string of the molecule is CC1CN(C(N)=O)CC(C)C1N. The zero-order chi connectivity index (χ0) is 9.30. The zero-order valence-corrected chi connectivity index (χ0v) is 7.66. The molecule has 1 rings (SSSR count). The van der Waals surface area contributed by atoms with E-state index in [9.17, 15) is 4.79 Å². The number of rotatable bonds is 0. The summed E-state index contributed by atoms with van der Waals surface area (Å²) in [4.78, 5) is 12.5. The van der Waals surface area contributed by atoms with Crippen LogP contribution < -0.4 is 11.5 Å². The van der Waals surface area contributed by atoms with E-state index in [1.54, 1.807) is 4.90 Å². The molecule has 1 fully saturated rings. The number of likely N-dealkylation sites (tertiary alicyclic amines) is 1. The van der Waals surface area contributed by atoms with Gasteiger partial charge < -0.3 is 16.4 Å². The van der Waals surface area contributed by atoms with Gasteiger partial charge in [-0.3, -0.25) is 0 Å². The maximum absolute atomic E-state index is 10.9. The summed E-state index contributed by atoms with van der Waals surface area (Å²) in [5.41, 5.74) is 11.1. The Balaban J connectivity index is 2.59. The van der Waals surface area contributed by atoms with Gasteiger partial charge in [-0.05, 0) is 11.8 Å². The van der Waals surface area contributed by atoms with Crippen molar-refractivity contribution in [1.82, 2.24) is 4.90 Å². The smallest absolute Gasteiger partial charge is 0.314 e. The number of carbonyl (C=O) groups excluding carboxylic acids is 1. The average molecular weight is 171 g/mol. The maximum Gasteiger partial charge on any atom is 0.314 e. The van der Waals surface area contributed by atoms with Gasteiger partial charge in [0.25, 0.3) is 0 Å². The van der Waals surface area contributed by atoms with Crippen LogP contribution in [0.3, 0.4) is 0 Å². The number of primary amides is 1. The number of nitrogens with two attached hydrogens (primary N) is 2. The summed E-state index contributed by atoms with van der Waals surface area (Å²) in [7, 11) is 0. The Hall–Kier alpha value is -0.770. The van der Waals surface area contributed by atoms with E-state index in [0.29, 0.717) is 24.9 Å². The minimum absolute atomic E-state index is 0.195. The molecule has 2 amide bonds. The third kappa shape index (κ3) is 1.69. The van der Waals surface area contributed by atoms with Crippen LogP contribution >= 0.6 is 0 Å². The Morgan fingerprint density at radius 2 is 1.75 bits per heavy atom. The summed E-state index contributed by atoms with van der Waals surface area (Å²) >= 11 is 0. The Kier molecular flexibility index (Phi) is 2.57. The van der Waals surface area contributed by atoms with Crippen molar-refractivity contribution in [3.05, 3.63) is 0 Å². The molecule has 12 heavy (non-hydrogen) atoms. The van der Waals surface area contributed by atoms with Crippen molar-refractivity contribution in [1.29, 1.82) is 0 Å². The minimum atomic E-state index is -0.333. The Morgan fingerprint density at radius 3 is 2.08 bits per heavy atom. The summed E-state index contributed by atoms with van der Waals surface area (Å²) in [6, 6.07) is -0.138. The lowest BCUT2D eigenvalue weighted by molar-refractivity contribution is 0.136. The van der Waals surface area contributed by atoms with E-state index in [1.807, 2.05) is 0 Å². The molecular formula is C8H17N3O. The fourth-order valence-corrected chi connectivity index (χ4v) is 1.75. The lowest BCUT2D eigenvalue weighted by atomic mass is 9.87. The molecule has 70 valence electrons. The van der Waals surface area contributed by atoms with E-state index in [2.05, 4.69) is 13.8 Å². The predicted octanol–water partition coefficient (Wildman–Crippen LogP) is -0.0198. The van der Waals surface area contributed by atoms with E-state index in [0.717, 1.165) is 0 Å². The molecule has 0 spiro atoms. The van der Waals surface area contributed by atoms with Crippen LogP contribution in [0.15, 0.2) is 0 Å². The van der Waals surface area contributed by atoms with Crippen LogP contribution in [-0.2, 0) is 0 Å². The normalized spacial score (nSPS) is 36.6. The number of hydrogen-bond acceptors (Lipinski definition) is 2. The van der Waals surface area contributed by atoms with E-state index in [4.69, 9.17) is 11.5 Å². The first kappa shape index (κ1) is 9.32. The molecule has 0 aromatic carbocycles. The fraction of sp³-hybridized carbons (Fsp3) is 0.875. The van der Waals surface area contributed by atoms with Crippen LogP contribution in [-0.4, -0.2) is 30.1 Å². The highest BCUT2D eigenvalue weighted by atomic mass is 16.2. The number of amides is 2. The predicted molar refractivity (Wildman–Crippen MR) is 47.5 cm³/mol. The molecule has 2 atom stereocenters. The standard InChI is InChI=1S/C8H17N3O/c1-5-3-11(8(10)12)4-6(2)7(5)9/h5-7H,3-4,9H2,1-2H3,(H2,10,12). The van der Waals surface area contributed by atoms with Gasteiger partial charge in [0.2, 0.25) is 0 Å². The number of nitrogens with zero attached hydrogens (tertiary/aromatic N) is 1. The van der Waals surface area contributed by atoms with Gasteiger partial charge in [0.05, 0.1) is 0 Å². The second kappa shape index (κ2) is 3.31. The highest BCUT2D eigenvalue weighted by Crippen LogP contribution is 2.19. The van der Waals surface area contributed by atoms with Crippen molar-refractivity contribution in [2.45, 2.75) is 19.9 Å². The number of carbonyl (C=O) groups is 1. The summed E-state index contributed by atoms with van der Waals surface area (Å²) in [5.74, 6) is 0.697. The fourth-order valence-electron chi connectivity index (χ4n) is 1.75. The van der Waals surface area contributed by atoms with Crippen LogP contribution in [0.2, 0.25) is 0 Å². The van der Waals surface area contributed by atoms with Gasteiger partial charge >= 0.3 is 6.03 Å². The van der Waals surface area contributed by atoms with Crippen molar-refractivity contribution >= 4 is 6.03 Å². The van der Waals surface area contributed by atoms with Crippen molar-refractivity contribution in [2.24, 2.45) is 23.3 Å². The van der Waals surface area contributed by atoms with Gasteiger partial charge in [-0.25, -0.2) is 4.79 Å². The Labute approximate surface area is 72.9 Å². The van der Waals surface area contributed by atoms with Crippen LogP contribution in [0.5, 0.6) is 0 Å². The molecule has 0 aromatic rings. The van der Waals surface area contributed by atoms with Crippen molar-refractivity contribution in [3.8, 4) is 0 Å². The second-order valence-electron chi connectivity index (χ2n) is 3.78. The first-order valence-corrected chi connectivity index (χ1v) is 4.32. The topological polar surface area (TPSA) is 72.3 Å². The van der Waals surface area contributed by atoms with Crippen molar-refractivity contribution in [2.75, 3.05) is 13.1 Å². The molecule has 4 heteroatoms. The lowest BCUT2D eigenvalue weighted by Gasteiger charge is -2.38. The molecule has 4 nitrogen and oxygen atoms in total. The molecule has 0 aromatic heterocycles. The minimum Gasteiger partial charge on any atom is -0.351 e. The summed E-state index contributed by atoms with van der Waals surface area (Å²) in [5, 5.41) is 0. The number of urea groups is 1. The van der Waals surface area contributed by atoms with Gasteiger partial charge in [-0.2, -0.15) is 0 Å². The molecule has 0 bridgehead atoms. The molecule has 0 aliphatic carbocycles. The lowest BCUT2D eigenvalue weighted by Crippen LogP contribution is -2.54. The zero-order valence-electron chi connectivity index (χ0n) is 7.66. The summed E-state index contributed by atoms with van der Waals surface area (Å²) < 4.78 is 0. The Morgan fingerprint density at radius 1 is 1.33 bits per heavy atom. The monoisotopic (exact) mass is 171 g/mol. The molecule has 2 unspecified atom stereocenters. The van der Waals surface area contributed by atoms with Gasteiger partial charge in [0.1, 0.15) is 0 Å². The summed E-state index contributed by atoms with van der Waals surface area (Å²) in [6.45, 7) is 5.49. The third-order valence-corrected chi connectivity index (χ3v) is 2.64.